The SMILES string of the molecule is C/C(=C\c1cc2c(s1)c1sc(C=C3C(=O)c4ccccc4C3=O)cc1n2-c1c(C)cc(C)cc1C)C(=O)c1ccccc1C=O. The number of fused-ring (bicyclic) bond motifs is 4. The molecule has 0 fully saturated rings. The quantitative estimate of drug-likeness (QED) is 0.0800. The fraction of sp³-hybridized carbons (Fsp3) is 0.105. The van der Waals surface area contributed by atoms with Crippen molar-refractivity contribution < 1.29 is 19.2 Å². The van der Waals surface area contributed by atoms with Crippen molar-refractivity contribution >= 4 is 78.9 Å². The summed E-state index contributed by atoms with van der Waals surface area (Å²) in [6.07, 6.45) is 4.31. The van der Waals surface area contributed by atoms with Crippen molar-refractivity contribution in [3.8, 4) is 5.69 Å². The van der Waals surface area contributed by atoms with Gasteiger partial charge in [0.05, 0.1) is 31.7 Å². The molecule has 0 aliphatic heterocycles. The fourth-order valence-electron chi connectivity index (χ4n) is 6.34. The molecule has 1 aliphatic carbocycles. The monoisotopic (exact) mass is 625 g/mol. The van der Waals surface area contributed by atoms with Crippen LogP contribution in [0.3, 0.4) is 0 Å². The van der Waals surface area contributed by atoms with Gasteiger partial charge in [0.1, 0.15) is 0 Å². The van der Waals surface area contributed by atoms with Gasteiger partial charge in [-0.1, -0.05) is 66.2 Å². The van der Waals surface area contributed by atoms with Crippen LogP contribution < -0.4 is 0 Å². The summed E-state index contributed by atoms with van der Waals surface area (Å²) in [4.78, 5) is 52.9. The van der Waals surface area contributed by atoms with Crippen LogP contribution in [0.4, 0.5) is 0 Å². The number of aromatic nitrogens is 1. The number of Topliss-reactive ketones (excluding diaryl/α,β-unsaturated/α-hetero) is 3. The van der Waals surface area contributed by atoms with Gasteiger partial charge < -0.3 is 4.57 Å². The highest BCUT2D eigenvalue weighted by Gasteiger charge is 2.33. The van der Waals surface area contributed by atoms with Crippen molar-refractivity contribution in [3.63, 3.8) is 0 Å². The molecular formula is C38H27NO4S2. The molecule has 5 nitrogen and oxygen atoms in total. The second-order valence-electron chi connectivity index (χ2n) is 11.4. The summed E-state index contributed by atoms with van der Waals surface area (Å²) in [5, 5.41) is 0. The van der Waals surface area contributed by atoms with Crippen LogP contribution in [0.15, 0.2) is 83.9 Å². The molecule has 3 aromatic heterocycles. The number of aldehydes is 1. The van der Waals surface area contributed by atoms with Crippen LogP contribution in [0, 0.1) is 20.8 Å². The first-order chi connectivity index (χ1) is 21.7. The third-order valence-electron chi connectivity index (χ3n) is 8.25. The molecule has 1 aliphatic rings. The topological polar surface area (TPSA) is 73.2 Å². The molecule has 7 rings (SSSR count). The minimum atomic E-state index is -0.244. The van der Waals surface area contributed by atoms with E-state index in [0.717, 1.165) is 47.0 Å². The van der Waals surface area contributed by atoms with E-state index in [1.165, 1.54) is 5.56 Å². The van der Waals surface area contributed by atoms with Crippen LogP contribution in [0.5, 0.6) is 0 Å². The third-order valence-corrected chi connectivity index (χ3v) is 10.6. The van der Waals surface area contributed by atoms with E-state index in [0.29, 0.717) is 34.1 Å². The number of carbonyl (C=O) groups excluding carboxylic acids is 4. The van der Waals surface area contributed by atoms with Crippen LogP contribution in [-0.2, 0) is 0 Å². The number of carbonyl (C=O) groups is 4. The van der Waals surface area contributed by atoms with Gasteiger partial charge in [-0.05, 0) is 68.7 Å². The molecule has 0 amide bonds. The van der Waals surface area contributed by atoms with Gasteiger partial charge in [0.25, 0.3) is 0 Å². The lowest BCUT2D eigenvalue weighted by molar-refractivity contribution is 0.0987. The maximum absolute atomic E-state index is 13.3. The second-order valence-corrected chi connectivity index (χ2v) is 13.6. The Kier molecular flexibility index (Phi) is 6.95. The molecule has 0 radical (unpaired) electrons. The van der Waals surface area contributed by atoms with E-state index in [1.807, 2.05) is 6.08 Å². The highest BCUT2D eigenvalue weighted by Crippen LogP contribution is 2.44. The Labute approximate surface area is 267 Å². The van der Waals surface area contributed by atoms with Gasteiger partial charge in [-0.25, -0.2) is 0 Å². The molecule has 45 heavy (non-hydrogen) atoms. The summed E-state index contributed by atoms with van der Waals surface area (Å²) in [5.74, 6) is -0.676. The first kappa shape index (κ1) is 28.8. The minimum Gasteiger partial charge on any atom is -0.307 e. The number of nitrogens with zero attached hydrogens (tertiary/aromatic N) is 1. The van der Waals surface area contributed by atoms with E-state index in [-0.39, 0.29) is 22.9 Å². The predicted molar refractivity (Wildman–Crippen MR) is 184 cm³/mol. The molecule has 0 atom stereocenters. The number of thiophene rings is 2. The predicted octanol–water partition coefficient (Wildman–Crippen LogP) is 9.39. The molecule has 6 aromatic rings. The molecule has 0 saturated heterocycles. The van der Waals surface area contributed by atoms with E-state index in [1.54, 1.807) is 84.2 Å². The van der Waals surface area contributed by atoms with Crippen LogP contribution in [0.1, 0.15) is 74.8 Å². The Balaban J connectivity index is 1.40. The Bertz CT molecular complexity index is 2280. The molecule has 3 heterocycles. The smallest absolute Gasteiger partial charge is 0.197 e. The molecule has 0 saturated carbocycles. The third kappa shape index (κ3) is 4.67. The summed E-state index contributed by atoms with van der Waals surface area (Å²) in [6.45, 7) is 8.07. The molecular weight excluding hydrogens is 599 g/mol. The molecule has 220 valence electrons. The van der Waals surface area contributed by atoms with E-state index in [2.05, 4.69) is 49.6 Å². The molecule has 0 N–H and O–H groups in total. The van der Waals surface area contributed by atoms with Crippen LogP contribution in [0.2, 0.25) is 0 Å². The average molecular weight is 626 g/mol. The van der Waals surface area contributed by atoms with Gasteiger partial charge in [-0.2, -0.15) is 0 Å². The van der Waals surface area contributed by atoms with Crippen molar-refractivity contribution in [3.05, 3.63) is 133 Å². The number of hydrogen-bond donors (Lipinski definition) is 0. The van der Waals surface area contributed by atoms with E-state index in [9.17, 15) is 19.2 Å². The summed E-state index contributed by atoms with van der Waals surface area (Å²) in [5.41, 5.74) is 8.92. The van der Waals surface area contributed by atoms with Gasteiger partial charge in [0.2, 0.25) is 0 Å². The molecule has 3 aromatic carbocycles. The lowest BCUT2D eigenvalue weighted by Crippen LogP contribution is -2.04. The standard InChI is InChI=1S/C38H27NO4S2/c1-20-13-21(2)33(22(3)14-20)39-31-17-25(15-23(4)34(41)27-10-6-5-9-24(27)19-40)44-37(31)38-32(39)18-26(45-38)16-30-35(42)28-11-7-8-12-29(28)36(30)43/h5-19H,1-4H3/b23-15+. The Morgan fingerprint density at radius 1 is 0.756 bits per heavy atom. The van der Waals surface area contributed by atoms with E-state index in [4.69, 9.17) is 0 Å². The lowest BCUT2D eigenvalue weighted by atomic mass is 9.99. The number of rotatable bonds is 6. The van der Waals surface area contributed by atoms with Crippen molar-refractivity contribution in [1.82, 2.24) is 4.57 Å². The number of allylic oxidation sites excluding steroid dienone is 2. The second kappa shape index (κ2) is 10.9. The first-order valence-corrected chi connectivity index (χ1v) is 16.1. The fourth-order valence-corrected chi connectivity index (χ4v) is 8.72. The highest BCUT2D eigenvalue weighted by molar-refractivity contribution is 7.28. The number of benzene rings is 3. The zero-order valence-electron chi connectivity index (χ0n) is 25.1. The minimum absolute atomic E-state index is 0.185. The normalized spacial score (nSPS) is 13.2. The molecule has 0 unspecified atom stereocenters. The number of ketones is 3. The lowest BCUT2D eigenvalue weighted by Gasteiger charge is -2.14. The van der Waals surface area contributed by atoms with Gasteiger partial charge in [-0.3, -0.25) is 19.2 Å². The van der Waals surface area contributed by atoms with Crippen LogP contribution in [0.25, 0.3) is 38.3 Å². The summed E-state index contributed by atoms with van der Waals surface area (Å²) in [7, 11) is 0. The van der Waals surface area contributed by atoms with E-state index < -0.39 is 0 Å². The van der Waals surface area contributed by atoms with Crippen molar-refractivity contribution in [2.45, 2.75) is 27.7 Å². The summed E-state index contributed by atoms with van der Waals surface area (Å²) < 4.78 is 4.37. The van der Waals surface area contributed by atoms with Gasteiger partial charge in [-0.15, -0.1) is 22.7 Å². The van der Waals surface area contributed by atoms with Crippen molar-refractivity contribution in [2.75, 3.05) is 0 Å². The van der Waals surface area contributed by atoms with Gasteiger partial charge in [0, 0.05) is 32.0 Å². The summed E-state index contributed by atoms with van der Waals surface area (Å²) >= 11 is 3.14. The molecule has 0 bridgehead atoms. The largest absolute Gasteiger partial charge is 0.307 e. The van der Waals surface area contributed by atoms with Gasteiger partial charge in [0.15, 0.2) is 23.6 Å². The molecule has 7 heteroatoms. The maximum atomic E-state index is 13.3. The Hall–Kier alpha value is -4.98. The Morgan fingerprint density at radius 3 is 1.93 bits per heavy atom. The van der Waals surface area contributed by atoms with Crippen molar-refractivity contribution in [2.24, 2.45) is 0 Å². The zero-order valence-corrected chi connectivity index (χ0v) is 26.7. The maximum Gasteiger partial charge on any atom is 0.197 e. The van der Waals surface area contributed by atoms with Crippen LogP contribution in [-0.4, -0.2) is 28.2 Å². The van der Waals surface area contributed by atoms with Gasteiger partial charge >= 0.3 is 0 Å². The van der Waals surface area contributed by atoms with Crippen LogP contribution >= 0.6 is 22.7 Å². The zero-order chi connectivity index (χ0) is 31.6. The summed E-state index contributed by atoms with van der Waals surface area (Å²) in [6, 6.07) is 22.3. The van der Waals surface area contributed by atoms with E-state index >= 15 is 0 Å². The first-order valence-electron chi connectivity index (χ1n) is 14.5. The Morgan fingerprint density at radius 2 is 1.31 bits per heavy atom. The number of aryl methyl sites for hydroxylation is 3. The average Bonchev–Trinajstić information content (AvgIpc) is 3.74. The number of hydrogen-bond acceptors (Lipinski definition) is 6. The van der Waals surface area contributed by atoms with Crippen molar-refractivity contribution in [1.29, 1.82) is 0 Å². The molecule has 0 spiro atoms. The highest BCUT2D eigenvalue weighted by atomic mass is 32.1.